The molecule has 1 aromatic carbocycles. The van der Waals surface area contributed by atoms with Crippen LogP contribution in [-0.4, -0.2) is 75.3 Å². The van der Waals surface area contributed by atoms with Crippen LogP contribution in [0.2, 0.25) is 0 Å². The first-order valence-corrected chi connectivity index (χ1v) is 9.31. The fraction of sp³-hybridized carbons (Fsp3) is 0.700. The van der Waals surface area contributed by atoms with Gasteiger partial charge in [0, 0.05) is 21.3 Å². The Kier molecular flexibility index (Phi) is 6.73. The lowest BCUT2D eigenvalue weighted by Crippen LogP contribution is -2.73. The van der Waals surface area contributed by atoms with Crippen LogP contribution in [-0.2, 0) is 39.8 Å². The predicted molar refractivity (Wildman–Crippen MR) is 98.3 cm³/mol. The van der Waals surface area contributed by atoms with E-state index < -0.39 is 42.3 Å². The average Bonchev–Trinajstić information content (AvgIpc) is 2.72. The van der Waals surface area contributed by atoms with E-state index in [-0.39, 0.29) is 6.61 Å². The first-order valence-electron chi connectivity index (χ1n) is 9.31. The van der Waals surface area contributed by atoms with Crippen LogP contribution in [0.1, 0.15) is 19.4 Å². The van der Waals surface area contributed by atoms with E-state index in [2.05, 4.69) is 0 Å². The summed E-state index contributed by atoms with van der Waals surface area (Å²) < 4.78 is 40.4. The number of hydrogen-bond acceptors (Lipinski definition) is 8. The molecule has 8 heteroatoms. The minimum atomic E-state index is -1.23. The number of methoxy groups -OCH3 is 3. The van der Waals surface area contributed by atoms with Crippen molar-refractivity contribution in [1.29, 1.82) is 0 Å². The Morgan fingerprint density at radius 2 is 1.57 bits per heavy atom. The van der Waals surface area contributed by atoms with Gasteiger partial charge in [0.2, 0.25) is 11.6 Å². The van der Waals surface area contributed by atoms with Gasteiger partial charge in [-0.3, -0.25) is 0 Å². The topological polar surface area (TPSA) is 84.8 Å². The fourth-order valence-electron chi connectivity index (χ4n) is 3.55. The van der Waals surface area contributed by atoms with Crippen LogP contribution in [0.4, 0.5) is 0 Å². The van der Waals surface area contributed by atoms with Gasteiger partial charge in [-0.05, 0) is 19.4 Å². The van der Waals surface area contributed by atoms with Crippen LogP contribution in [0, 0.1) is 0 Å². The Bertz CT molecular complexity index is 628. The van der Waals surface area contributed by atoms with Crippen molar-refractivity contribution >= 4 is 0 Å². The summed E-state index contributed by atoms with van der Waals surface area (Å²) in [6.45, 7) is 4.00. The molecule has 0 aliphatic carbocycles. The van der Waals surface area contributed by atoms with Crippen molar-refractivity contribution in [1.82, 2.24) is 0 Å². The fourth-order valence-corrected chi connectivity index (χ4v) is 3.55. The Hall–Kier alpha value is -1.10. The molecule has 0 spiro atoms. The molecule has 1 aromatic rings. The summed E-state index contributed by atoms with van der Waals surface area (Å²) in [6.07, 6.45) is -3.83. The molecule has 2 aliphatic rings. The summed E-state index contributed by atoms with van der Waals surface area (Å²) in [5.41, 5.74) is 1.04. The van der Waals surface area contributed by atoms with Crippen molar-refractivity contribution in [3.8, 4) is 0 Å². The van der Waals surface area contributed by atoms with Crippen molar-refractivity contribution in [2.24, 2.45) is 0 Å². The Morgan fingerprint density at radius 3 is 2.14 bits per heavy atom. The Labute approximate surface area is 165 Å². The number of aliphatic hydroxyl groups is 1. The zero-order valence-corrected chi connectivity index (χ0v) is 17.0. The molecule has 0 aromatic heterocycles. The third-order valence-corrected chi connectivity index (χ3v) is 5.57. The predicted octanol–water partition coefficient (Wildman–Crippen LogP) is 1.44. The van der Waals surface area contributed by atoms with Crippen molar-refractivity contribution in [3.05, 3.63) is 35.9 Å². The molecule has 0 bridgehead atoms. The van der Waals surface area contributed by atoms with Gasteiger partial charge >= 0.3 is 0 Å². The van der Waals surface area contributed by atoms with E-state index in [9.17, 15) is 5.11 Å². The van der Waals surface area contributed by atoms with Gasteiger partial charge in [0.05, 0.1) is 13.2 Å². The molecule has 3 rings (SSSR count). The van der Waals surface area contributed by atoms with Crippen molar-refractivity contribution in [2.45, 2.75) is 62.7 Å². The van der Waals surface area contributed by atoms with Crippen molar-refractivity contribution in [3.63, 3.8) is 0 Å². The summed E-state index contributed by atoms with van der Waals surface area (Å²) in [5.74, 6) is -2.44. The minimum Gasteiger partial charge on any atom is -0.387 e. The summed E-state index contributed by atoms with van der Waals surface area (Å²) in [4.78, 5) is 0. The highest BCUT2D eigenvalue weighted by molar-refractivity contribution is 5.13. The molecule has 0 saturated carbocycles. The zero-order valence-electron chi connectivity index (χ0n) is 17.0. The second-order valence-electron chi connectivity index (χ2n) is 7.23. The lowest BCUT2D eigenvalue weighted by molar-refractivity contribution is -0.483. The van der Waals surface area contributed by atoms with Crippen LogP contribution in [0.5, 0.6) is 0 Å². The van der Waals surface area contributed by atoms with Crippen LogP contribution >= 0.6 is 0 Å². The van der Waals surface area contributed by atoms with Gasteiger partial charge in [-0.15, -0.1) is 0 Å². The monoisotopic (exact) mass is 398 g/mol. The second kappa shape index (κ2) is 8.73. The maximum absolute atomic E-state index is 10.9. The standard InChI is InChI=1S/C20H30O8/c1-19(23-4)20(2,24-5)28-17-16(27-19)15(21)14(26-18(17)22-3)12-25-11-13-9-7-6-8-10-13/h6-10,14-18,21H,11-12H2,1-5H3/t14-,15+,16+,17-,18+,19-,20-/m1/s1. The maximum Gasteiger partial charge on any atom is 0.220 e. The smallest absolute Gasteiger partial charge is 0.220 e. The van der Waals surface area contributed by atoms with Crippen LogP contribution in [0.15, 0.2) is 30.3 Å². The molecule has 2 heterocycles. The zero-order chi connectivity index (χ0) is 20.4. The van der Waals surface area contributed by atoms with Crippen molar-refractivity contribution < 1.29 is 38.3 Å². The number of aliphatic hydroxyl groups excluding tert-OH is 1. The van der Waals surface area contributed by atoms with E-state index in [1.165, 1.54) is 21.3 Å². The van der Waals surface area contributed by atoms with Gasteiger partial charge < -0.3 is 38.3 Å². The highest BCUT2D eigenvalue weighted by atomic mass is 16.8. The molecule has 2 fully saturated rings. The van der Waals surface area contributed by atoms with E-state index >= 15 is 0 Å². The number of ether oxygens (including phenoxy) is 7. The molecule has 28 heavy (non-hydrogen) atoms. The van der Waals surface area contributed by atoms with E-state index in [4.69, 9.17) is 33.2 Å². The third-order valence-electron chi connectivity index (χ3n) is 5.57. The molecular formula is C20H30O8. The number of fused-ring (bicyclic) bond motifs is 1. The molecule has 1 N–H and O–H groups in total. The van der Waals surface area contributed by atoms with Gasteiger partial charge in [0.1, 0.15) is 24.4 Å². The second-order valence-corrected chi connectivity index (χ2v) is 7.23. The quantitative estimate of drug-likeness (QED) is 0.739. The van der Waals surface area contributed by atoms with Crippen LogP contribution < -0.4 is 0 Å². The van der Waals surface area contributed by atoms with Gasteiger partial charge in [0.25, 0.3) is 0 Å². The molecule has 0 amide bonds. The molecule has 0 unspecified atom stereocenters. The molecule has 2 saturated heterocycles. The van der Waals surface area contributed by atoms with Crippen molar-refractivity contribution in [2.75, 3.05) is 27.9 Å². The number of hydrogen-bond donors (Lipinski definition) is 1. The molecule has 0 radical (unpaired) electrons. The summed E-state index contributed by atoms with van der Waals surface area (Å²) in [6, 6.07) is 9.78. The van der Waals surface area contributed by atoms with Gasteiger partial charge in [-0.25, -0.2) is 0 Å². The highest BCUT2D eigenvalue weighted by Crippen LogP contribution is 2.43. The largest absolute Gasteiger partial charge is 0.387 e. The van der Waals surface area contributed by atoms with E-state index in [0.717, 1.165) is 5.56 Å². The third kappa shape index (κ3) is 3.96. The summed E-state index contributed by atoms with van der Waals surface area (Å²) >= 11 is 0. The Morgan fingerprint density at radius 1 is 0.964 bits per heavy atom. The van der Waals surface area contributed by atoms with E-state index in [1.807, 2.05) is 30.3 Å². The van der Waals surface area contributed by atoms with E-state index in [0.29, 0.717) is 6.61 Å². The Balaban J connectivity index is 1.71. The number of rotatable bonds is 7. The average molecular weight is 398 g/mol. The lowest BCUT2D eigenvalue weighted by Gasteiger charge is -2.56. The highest BCUT2D eigenvalue weighted by Gasteiger charge is 2.62. The first-order chi connectivity index (χ1) is 13.4. The summed E-state index contributed by atoms with van der Waals surface area (Å²) in [5, 5.41) is 10.9. The van der Waals surface area contributed by atoms with Gasteiger partial charge in [-0.2, -0.15) is 0 Å². The normalized spacial score (nSPS) is 40.9. The lowest BCUT2D eigenvalue weighted by atomic mass is 9.94. The molecule has 7 atom stereocenters. The van der Waals surface area contributed by atoms with E-state index in [1.54, 1.807) is 13.8 Å². The van der Waals surface area contributed by atoms with Crippen LogP contribution in [0.25, 0.3) is 0 Å². The SMILES string of the molecule is CO[C@H]1O[C@H](COCc2ccccc2)[C@H](O)[C@@H]2O[C@@](C)(OC)[C@](C)(OC)O[C@@H]12. The van der Waals surface area contributed by atoms with Gasteiger partial charge in [0.15, 0.2) is 6.29 Å². The van der Waals surface area contributed by atoms with Crippen LogP contribution in [0.3, 0.4) is 0 Å². The maximum atomic E-state index is 10.9. The molecule has 2 aliphatic heterocycles. The summed E-state index contributed by atoms with van der Waals surface area (Å²) in [7, 11) is 4.52. The first kappa shape index (κ1) is 21.6. The number of benzene rings is 1. The van der Waals surface area contributed by atoms with Gasteiger partial charge in [-0.1, -0.05) is 30.3 Å². The minimum absolute atomic E-state index is 0.174. The molecule has 8 nitrogen and oxygen atoms in total. The molecule has 158 valence electrons. The molecular weight excluding hydrogens is 368 g/mol.